The number of nitrogens with zero attached hydrogens (tertiary/aromatic N) is 1. The van der Waals surface area contributed by atoms with E-state index < -0.39 is 0 Å². The molecule has 152 valence electrons. The predicted molar refractivity (Wildman–Crippen MR) is 130 cm³/mol. The van der Waals surface area contributed by atoms with E-state index in [4.69, 9.17) is 8.83 Å². The van der Waals surface area contributed by atoms with E-state index in [1.54, 1.807) is 0 Å². The Morgan fingerprint density at radius 1 is 0.594 bits per heavy atom. The molecule has 7 rings (SSSR count). The number of fused-ring (bicyclic) bond motifs is 8. The van der Waals surface area contributed by atoms with Crippen LogP contribution in [-0.2, 0) is 7.05 Å². The number of aromatic nitrogens is 1. The molecule has 3 nitrogen and oxygen atoms in total. The molecule has 7 aromatic rings. The maximum absolute atomic E-state index is 6.54. The minimum atomic E-state index is 0.892. The molecule has 3 heteroatoms. The Balaban J connectivity index is 1.76. The van der Waals surface area contributed by atoms with Crippen LogP contribution in [0.1, 0.15) is 5.56 Å². The summed E-state index contributed by atoms with van der Waals surface area (Å²) in [4.78, 5) is 0. The summed E-state index contributed by atoms with van der Waals surface area (Å²) in [6.07, 6.45) is 0. The van der Waals surface area contributed by atoms with Crippen LogP contribution in [0.15, 0.2) is 93.8 Å². The first-order valence-corrected chi connectivity index (χ1v) is 10.9. The maximum Gasteiger partial charge on any atom is 0.260 e. The first kappa shape index (κ1) is 17.6. The highest BCUT2D eigenvalue weighted by molar-refractivity contribution is 6.21. The Labute approximate surface area is 184 Å². The highest BCUT2D eigenvalue weighted by atomic mass is 16.3. The van der Waals surface area contributed by atoms with E-state index in [2.05, 4.69) is 79.2 Å². The lowest BCUT2D eigenvalue weighted by Gasteiger charge is -2.09. The molecule has 0 aliphatic rings. The van der Waals surface area contributed by atoms with Crippen molar-refractivity contribution in [1.82, 2.24) is 0 Å². The van der Waals surface area contributed by atoms with Crippen molar-refractivity contribution in [2.45, 2.75) is 6.92 Å². The lowest BCUT2D eigenvalue weighted by Crippen LogP contribution is -2.32. The van der Waals surface area contributed by atoms with Gasteiger partial charge < -0.3 is 8.83 Å². The third-order valence-corrected chi connectivity index (χ3v) is 6.67. The molecule has 0 saturated heterocycles. The Hall–Kier alpha value is -4.11. The molecule has 0 aliphatic heterocycles. The molecular formula is C29H20NO2+. The monoisotopic (exact) mass is 414 g/mol. The third kappa shape index (κ3) is 2.17. The quantitative estimate of drug-likeness (QED) is 0.261. The number of furan rings is 2. The number of hydrogen-bond acceptors (Lipinski definition) is 2. The molecule has 0 aliphatic carbocycles. The van der Waals surface area contributed by atoms with Crippen molar-refractivity contribution < 1.29 is 13.4 Å². The second-order valence-corrected chi connectivity index (χ2v) is 8.46. The molecule has 0 radical (unpaired) electrons. The van der Waals surface area contributed by atoms with Crippen molar-refractivity contribution in [1.29, 1.82) is 0 Å². The van der Waals surface area contributed by atoms with Crippen molar-refractivity contribution in [3.63, 3.8) is 0 Å². The van der Waals surface area contributed by atoms with Gasteiger partial charge in [0.2, 0.25) is 11.1 Å². The number of aryl methyl sites for hydroxylation is 2. The standard InChI is InChI=1S/C29H20NO2/c1-17-15-16-19-18-9-4-7-13-23(18)31-28(19)25(17)27-29-26(21-11-5-8-14-24(21)32-29)20-10-3-6-12-22(20)30(27)2/h3-16H,1-2H3/q+1. The molecule has 0 saturated carbocycles. The fourth-order valence-electron chi connectivity index (χ4n) is 5.19. The molecule has 3 aromatic heterocycles. The number of hydrogen-bond donors (Lipinski definition) is 0. The summed E-state index contributed by atoms with van der Waals surface area (Å²) >= 11 is 0. The van der Waals surface area contributed by atoms with Gasteiger partial charge in [-0.25, -0.2) is 0 Å². The first-order valence-electron chi connectivity index (χ1n) is 10.9. The molecule has 32 heavy (non-hydrogen) atoms. The zero-order valence-electron chi connectivity index (χ0n) is 17.8. The lowest BCUT2D eigenvalue weighted by atomic mass is 9.97. The van der Waals surface area contributed by atoms with Gasteiger partial charge in [-0.05, 0) is 30.7 Å². The molecule has 0 atom stereocenters. The second kappa shape index (κ2) is 6.21. The first-order chi connectivity index (χ1) is 15.7. The average molecular weight is 414 g/mol. The van der Waals surface area contributed by atoms with Crippen molar-refractivity contribution in [3.05, 3.63) is 90.5 Å². The van der Waals surface area contributed by atoms with Crippen LogP contribution >= 0.6 is 0 Å². The van der Waals surface area contributed by atoms with Crippen molar-refractivity contribution in [2.75, 3.05) is 0 Å². The smallest absolute Gasteiger partial charge is 0.260 e. The van der Waals surface area contributed by atoms with Crippen LogP contribution in [0.2, 0.25) is 0 Å². The van der Waals surface area contributed by atoms with Crippen LogP contribution in [-0.4, -0.2) is 0 Å². The van der Waals surface area contributed by atoms with Crippen LogP contribution in [0.5, 0.6) is 0 Å². The summed E-state index contributed by atoms with van der Waals surface area (Å²) in [6, 6.07) is 29.4. The molecule has 0 N–H and O–H groups in total. The summed E-state index contributed by atoms with van der Waals surface area (Å²) in [5.41, 5.74) is 8.03. The summed E-state index contributed by atoms with van der Waals surface area (Å²) < 4.78 is 15.2. The Bertz CT molecular complexity index is 1850. The summed E-state index contributed by atoms with van der Waals surface area (Å²) in [7, 11) is 2.12. The normalized spacial score (nSPS) is 12.1. The van der Waals surface area contributed by atoms with Gasteiger partial charge in [0.15, 0.2) is 0 Å². The topological polar surface area (TPSA) is 30.2 Å². The number of para-hydroxylation sites is 3. The van der Waals surface area contributed by atoms with E-state index in [0.29, 0.717) is 0 Å². The predicted octanol–water partition coefficient (Wildman–Crippen LogP) is 7.44. The van der Waals surface area contributed by atoms with E-state index in [1.165, 1.54) is 5.39 Å². The largest absolute Gasteiger partial charge is 0.455 e. The van der Waals surface area contributed by atoms with Gasteiger partial charge in [0, 0.05) is 27.6 Å². The SMILES string of the molecule is Cc1ccc2c(oc3ccccc32)c1-c1c2oc3ccccc3c2c2ccccc2[n+]1C. The zero-order valence-corrected chi connectivity index (χ0v) is 17.8. The molecule has 4 aromatic carbocycles. The van der Waals surface area contributed by atoms with E-state index in [0.717, 1.165) is 66.2 Å². The van der Waals surface area contributed by atoms with Crippen LogP contribution in [0.3, 0.4) is 0 Å². The molecule has 0 spiro atoms. The molecule has 3 heterocycles. The number of pyridine rings is 1. The fraction of sp³-hybridized carbons (Fsp3) is 0.0690. The van der Waals surface area contributed by atoms with Gasteiger partial charge in [-0.2, -0.15) is 4.57 Å². The van der Waals surface area contributed by atoms with Crippen LogP contribution in [0.25, 0.3) is 66.0 Å². The molecule has 0 amide bonds. The van der Waals surface area contributed by atoms with Crippen molar-refractivity contribution in [3.8, 4) is 11.3 Å². The summed E-state index contributed by atoms with van der Waals surface area (Å²) in [5, 5.41) is 5.73. The molecular weight excluding hydrogens is 394 g/mol. The van der Waals surface area contributed by atoms with E-state index >= 15 is 0 Å². The van der Waals surface area contributed by atoms with Gasteiger partial charge in [0.25, 0.3) is 5.69 Å². The van der Waals surface area contributed by atoms with Gasteiger partial charge in [-0.1, -0.05) is 60.7 Å². The van der Waals surface area contributed by atoms with Crippen molar-refractivity contribution in [2.24, 2.45) is 7.05 Å². The Morgan fingerprint density at radius 2 is 1.22 bits per heavy atom. The van der Waals surface area contributed by atoms with Gasteiger partial charge >= 0.3 is 0 Å². The molecule has 0 bridgehead atoms. The van der Waals surface area contributed by atoms with E-state index in [-0.39, 0.29) is 0 Å². The van der Waals surface area contributed by atoms with Crippen LogP contribution in [0.4, 0.5) is 0 Å². The highest BCUT2D eigenvalue weighted by Crippen LogP contribution is 2.42. The lowest BCUT2D eigenvalue weighted by molar-refractivity contribution is -0.632. The Morgan fingerprint density at radius 3 is 2.03 bits per heavy atom. The van der Waals surface area contributed by atoms with Gasteiger partial charge in [-0.15, -0.1) is 0 Å². The highest BCUT2D eigenvalue weighted by Gasteiger charge is 2.29. The number of rotatable bonds is 1. The molecule has 0 unspecified atom stereocenters. The fourth-order valence-corrected chi connectivity index (χ4v) is 5.19. The number of benzene rings is 4. The van der Waals surface area contributed by atoms with Crippen LogP contribution in [0, 0.1) is 6.92 Å². The van der Waals surface area contributed by atoms with Gasteiger partial charge in [-0.3, -0.25) is 0 Å². The van der Waals surface area contributed by atoms with E-state index in [9.17, 15) is 0 Å². The summed E-state index contributed by atoms with van der Waals surface area (Å²) in [6.45, 7) is 2.14. The minimum absolute atomic E-state index is 0.892. The van der Waals surface area contributed by atoms with Gasteiger partial charge in [0.1, 0.15) is 23.8 Å². The third-order valence-electron chi connectivity index (χ3n) is 6.67. The Kier molecular flexibility index (Phi) is 3.41. The minimum Gasteiger partial charge on any atom is -0.455 e. The molecule has 0 fully saturated rings. The second-order valence-electron chi connectivity index (χ2n) is 8.46. The maximum atomic E-state index is 6.54. The average Bonchev–Trinajstić information content (AvgIpc) is 3.39. The van der Waals surface area contributed by atoms with Crippen LogP contribution < -0.4 is 4.57 Å². The summed E-state index contributed by atoms with van der Waals surface area (Å²) in [5.74, 6) is 0. The van der Waals surface area contributed by atoms with E-state index in [1.807, 2.05) is 24.3 Å². The van der Waals surface area contributed by atoms with Crippen molar-refractivity contribution >= 4 is 54.8 Å². The zero-order chi connectivity index (χ0) is 21.4. The van der Waals surface area contributed by atoms with Gasteiger partial charge in [0.05, 0.1) is 10.9 Å².